The standard InChI is InChI=1S/C15H9Br2NO2S/c16-13-7-11(14(17)21-13)12(19)8-18-6-5-9-3-1-2-4-10(9)15(18)20/h1-7H,8H2. The Bertz CT molecular complexity index is 898. The van der Waals surface area contributed by atoms with Crippen LogP contribution in [0.3, 0.4) is 0 Å². The van der Waals surface area contributed by atoms with Crippen LogP contribution in [0.4, 0.5) is 0 Å². The van der Waals surface area contributed by atoms with Gasteiger partial charge in [-0.1, -0.05) is 18.2 Å². The van der Waals surface area contributed by atoms with Gasteiger partial charge in [-0.2, -0.15) is 0 Å². The number of halogens is 2. The average Bonchev–Trinajstić information content (AvgIpc) is 2.81. The van der Waals surface area contributed by atoms with Gasteiger partial charge in [0.1, 0.15) is 0 Å². The highest BCUT2D eigenvalue weighted by Crippen LogP contribution is 2.32. The summed E-state index contributed by atoms with van der Waals surface area (Å²) in [5.41, 5.74) is 0.443. The summed E-state index contributed by atoms with van der Waals surface area (Å²) in [6, 6.07) is 11.0. The summed E-state index contributed by atoms with van der Waals surface area (Å²) in [6.07, 6.45) is 1.66. The molecule has 0 saturated carbocycles. The zero-order valence-electron chi connectivity index (χ0n) is 10.7. The monoisotopic (exact) mass is 425 g/mol. The molecule has 0 aliphatic rings. The Morgan fingerprint density at radius 1 is 1.19 bits per heavy atom. The SMILES string of the molecule is O=C(Cn1ccc2ccccc2c1=O)c1cc(Br)sc1Br. The first kappa shape index (κ1) is 14.7. The van der Waals surface area contributed by atoms with E-state index in [1.165, 1.54) is 15.9 Å². The Kier molecular flexibility index (Phi) is 4.10. The van der Waals surface area contributed by atoms with Crippen LogP contribution in [0.5, 0.6) is 0 Å². The number of hydrogen-bond acceptors (Lipinski definition) is 3. The third kappa shape index (κ3) is 2.88. The molecule has 0 spiro atoms. The summed E-state index contributed by atoms with van der Waals surface area (Å²) >= 11 is 8.16. The molecule has 1 aromatic carbocycles. The summed E-state index contributed by atoms with van der Waals surface area (Å²) in [5.74, 6) is -0.0961. The van der Waals surface area contributed by atoms with Crippen molar-refractivity contribution in [1.82, 2.24) is 4.57 Å². The summed E-state index contributed by atoms with van der Waals surface area (Å²) in [5, 5.41) is 1.50. The van der Waals surface area contributed by atoms with E-state index in [2.05, 4.69) is 31.9 Å². The minimum Gasteiger partial charge on any atom is -0.307 e. The number of ketones is 1. The molecule has 0 aliphatic heterocycles. The number of nitrogens with zero attached hydrogens (tertiary/aromatic N) is 1. The molecular weight excluding hydrogens is 418 g/mol. The van der Waals surface area contributed by atoms with E-state index in [-0.39, 0.29) is 17.9 Å². The Labute approximate surface area is 141 Å². The second-order valence-corrected chi connectivity index (χ2v) is 8.25. The van der Waals surface area contributed by atoms with Crippen molar-refractivity contribution in [3.05, 3.63) is 66.1 Å². The first-order chi connectivity index (χ1) is 10.1. The second-order valence-electron chi connectivity index (χ2n) is 4.50. The normalized spacial score (nSPS) is 11.0. The molecule has 0 unspecified atom stereocenters. The van der Waals surface area contributed by atoms with Gasteiger partial charge in [-0.3, -0.25) is 9.59 Å². The lowest BCUT2D eigenvalue weighted by Gasteiger charge is -2.06. The molecule has 3 aromatic rings. The van der Waals surface area contributed by atoms with E-state index < -0.39 is 0 Å². The van der Waals surface area contributed by atoms with Crippen LogP contribution in [0.25, 0.3) is 10.8 Å². The van der Waals surface area contributed by atoms with Gasteiger partial charge in [0, 0.05) is 17.1 Å². The highest BCUT2D eigenvalue weighted by molar-refractivity contribution is 9.12. The van der Waals surface area contributed by atoms with Gasteiger partial charge in [0.2, 0.25) is 0 Å². The summed E-state index contributed by atoms with van der Waals surface area (Å²) < 4.78 is 3.10. The molecule has 2 heterocycles. The van der Waals surface area contributed by atoms with Crippen molar-refractivity contribution >= 4 is 59.8 Å². The van der Waals surface area contributed by atoms with E-state index in [4.69, 9.17) is 0 Å². The van der Waals surface area contributed by atoms with Gasteiger partial charge < -0.3 is 4.57 Å². The number of aromatic nitrogens is 1. The van der Waals surface area contributed by atoms with E-state index in [0.717, 1.165) is 13.0 Å². The van der Waals surface area contributed by atoms with Crippen molar-refractivity contribution in [3.63, 3.8) is 0 Å². The molecule has 0 amide bonds. The van der Waals surface area contributed by atoms with Crippen molar-refractivity contribution in [2.45, 2.75) is 6.54 Å². The number of benzene rings is 1. The number of pyridine rings is 1. The Hall–Kier alpha value is -1.24. The second kappa shape index (κ2) is 5.87. The molecule has 0 radical (unpaired) electrons. The minimum atomic E-state index is -0.146. The molecule has 0 aliphatic carbocycles. The lowest BCUT2D eigenvalue weighted by atomic mass is 10.1. The first-order valence-corrected chi connectivity index (χ1v) is 8.53. The predicted octanol–water partition coefficient (Wildman–Crippen LogP) is 4.47. The Balaban J connectivity index is 1.99. The van der Waals surface area contributed by atoms with Crippen molar-refractivity contribution in [2.75, 3.05) is 0 Å². The molecule has 0 bridgehead atoms. The summed E-state index contributed by atoms with van der Waals surface area (Å²) in [6.45, 7) is 0.0332. The predicted molar refractivity (Wildman–Crippen MR) is 92.3 cm³/mol. The highest BCUT2D eigenvalue weighted by Gasteiger charge is 2.15. The van der Waals surface area contributed by atoms with Crippen LogP contribution in [0.1, 0.15) is 10.4 Å². The number of fused-ring (bicyclic) bond motifs is 1. The van der Waals surface area contributed by atoms with Crippen LogP contribution in [-0.2, 0) is 6.54 Å². The quantitative estimate of drug-likeness (QED) is 0.579. The molecule has 6 heteroatoms. The summed E-state index contributed by atoms with van der Waals surface area (Å²) in [7, 11) is 0. The van der Waals surface area contributed by atoms with E-state index >= 15 is 0 Å². The van der Waals surface area contributed by atoms with Crippen molar-refractivity contribution in [3.8, 4) is 0 Å². The molecule has 3 nitrogen and oxygen atoms in total. The van der Waals surface area contributed by atoms with Gasteiger partial charge >= 0.3 is 0 Å². The number of thiophene rings is 1. The van der Waals surface area contributed by atoms with Gasteiger partial charge in [-0.05, 0) is 55.4 Å². The van der Waals surface area contributed by atoms with Gasteiger partial charge in [-0.25, -0.2) is 0 Å². The Morgan fingerprint density at radius 2 is 1.95 bits per heavy atom. The highest BCUT2D eigenvalue weighted by atomic mass is 79.9. The smallest absolute Gasteiger partial charge is 0.258 e. The van der Waals surface area contributed by atoms with Gasteiger partial charge in [-0.15, -0.1) is 11.3 Å². The van der Waals surface area contributed by atoms with E-state index in [9.17, 15) is 9.59 Å². The van der Waals surface area contributed by atoms with Crippen molar-refractivity contribution < 1.29 is 4.79 Å². The maximum absolute atomic E-state index is 12.4. The average molecular weight is 427 g/mol. The number of carbonyl (C=O) groups is 1. The fourth-order valence-electron chi connectivity index (χ4n) is 2.12. The van der Waals surface area contributed by atoms with E-state index in [1.54, 1.807) is 18.3 Å². The largest absolute Gasteiger partial charge is 0.307 e. The molecule has 2 aromatic heterocycles. The third-order valence-electron chi connectivity index (χ3n) is 3.16. The summed E-state index contributed by atoms with van der Waals surface area (Å²) in [4.78, 5) is 24.7. The van der Waals surface area contributed by atoms with Gasteiger partial charge in [0.05, 0.1) is 14.1 Å². The molecule has 0 atom stereocenters. The van der Waals surface area contributed by atoms with Crippen LogP contribution in [0.2, 0.25) is 0 Å². The van der Waals surface area contributed by atoms with Crippen LogP contribution in [0, 0.1) is 0 Å². The fraction of sp³-hybridized carbons (Fsp3) is 0.0667. The lowest BCUT2D eigenvalue weighted by molar-refractivity contribution is 0.0971. The number of hydrogen-bond donors (Lipinski definition) is 0. The molecule has 106 valence electrons. The molecule has 0 fully saturated rings. The number of carbonyl (C=O) groups excluding carboxylic acids is 1. The topological polar surface area (TPSA) is 39.1 Å². The molecule has 0 N–H and O–H groups in total. The van der Waals surface area contributed by atoms with E-state index in [1.807, 2.05) is 24.3 Å². The van der Waals surface area contributed by atoms with Crippen LogP contribution in [0.15, 0.2) is 55.0 Å². The zero-order valence-corrected chi connectivity index (χ0v) is 14.7. The zero-order chi connectivity index (χ0) is 15.0. The van der Waals surface area contributed by atoms with Crippen molar-refractivity contribution in [1.29, 1.82) is 0 Å². The minimum absolute atomic E-state index is 0.0332. The van der Waals surface area contributed by atoms with Crippen LogP contribution >= 0.6 is 43.2 Å². The fourth-order valence-corrected chi connectivity index (χ4v) is 4.98. The maximum atomic E-state index is 12.4. The number of rotatable bonds is 3. The first-order valence-electron chi connectivity index (χ1n) is 6.12. The van der Waals surface area contributed by atoms with Crippen LogP contribution in [-0.4, -0.2) is 10.4 Å². The molecule has 3 rings (SSSR count). The molecule has 0 saturated heterocycles. The molecule has 21 heavy (non-hydrogen) atoms. The lowest BCUT2D eigenvalue weighted by Crippen LogP contribution is -2.23. The van der Waals surface area contributed by atoms with Crippen molar-refractivity contribution in [2.24, 2.45) is 0 Å². The third-order valence-corrected chi connectivity index (χ3v) is 5.50. The van der Waals surface area contributed by atoms with E-state index in [0.29, 0.717) is 10.9 Å². The Morgan fingerprint density at radius 3 is 2.67 bits per heavy atom. The maximum Gasteiger partial charge on any atom is 0.258 e. The number of Topliss-reactive ketones (excluding diaryl/α,β-unsaturated/α-hetero) is 1. The van der Waals surface area contributed by atoms with Crippen LogP contribution < -0.4 is 5.56 Å². The van der Waals surface area contributed by atoms with Gasteiger partial charge in [0.25, 0.3) is 5.56 Å². The molecular formula is C15H9Br2NO2S. The van der Waals surface area contributed by atoms with Gasteiger partial charge in [0.15, 0.2) is 5.78 Å².